The first-order valence-electron chi connectivity index (χ1n) is 41.3. The molecule has 123 heavy (non-hydrogen) atoms. The van der Waals surface area contributed by atoms with Crippen molar-refractivity contribution in [2.45, 2.75) is 158 Å². The van der Waals surface area contributed by atoms with E-state index in [1.165, 1.54) is 51.6 Å². The first-order valence-corrected chi connectivity index (χ1v) is 42.5. The highest BCUT2D eigenvalue weighted by molar-refractivity contribution is 8.00. The van der Waals surface area contributed by atoms with E-state index >= 15 is 4.39 Å². The number of aromatic nitrogens is 2. The second-order valence-electron chi connectivity index (χ2n) is 29.3. The van der Waals surface area contributed by atoms with Gasteiger partial charge in [-0.1, -0.05) is 19.4 Å². The van der Waals surface area contributed by atoms with Crippen molar-refractivity contribution in [3.05, 3.63) is 91.0 Å². The Morgan fingerprint density at radius 3 is 1.84 bits per heavy atom. The van der Waals surface area contributed by atoms with E-state index in [-0.39, 0.29) is 155 Å². The molecule has 9 atom stereocenters. The predicted molar refractivity (Wildman–Crippen MR) is 432 cm³/mol. The Hall–Kier alpha value is -8.57. The number of pyridine rings is 2. The molecule has 2 fully saturated rings. The number of aryl methyl sites for hydroxylation is 1. The number of ether oxygens (including phenoxy) is 16. The van der Waals surface area contributed by atoms with E-state index < -0.39 is 113 Å². The zero-order chi connectivity index (χ0) is 88.2. The van der Waals surface area contributed by atoms with Gasteiger partial charge in [0.2, 0.25) is 41.7 Å². The number of methoxy groups -OCH3 is 1. The minimum Gasteiger partial charge on any atom is -0.479 e. The normalized spacial score (nSPS) is 19.8. The van der Waals surface area contributed by atoms with Crippen LogP contribution >= 0.6 is 11.8 Å². The molecule has 0 saturated carbocycles. The number of thioether (sulfide) groups is 1. The Morgan fingerprint density at radius 1 is 0.683 bits per heavy atom. The van der Waals surface area contributed by atoms with Crippen LogP contribution in [-0.2, 0) is 148 Å². The van der Waals surface area contributed by atoms with Crippen molar-refractivity contribution >= 4 is 76.1 Å². The van der Waals surface area contributed by atoms with Gasteiger partial charge in [0.05, 0.1) is 192 Å². The number of halogens is 1. The summed E-state index contributed by atoms with van der Waals surface area (Å²) in [5, 5.41) is 67.0. The van der Waals surface area contributed by atoms with Gasteiger partial charge in [0.15, 0.2) is 11.7 Å². The number of amides is 7. The minimum absolute atomic E-state index is 0.0133. The largest absolute Gasteiger partial charge is 0.479 e. The third-order valence-electron chi connectivity index (χ3n) is 20.9. The van der Waals surface area contributed by atoms with Crippen LogP contribution in [0.1, 0.15) is 115 Å². The Balaban J connectivity index is 0.701. The maximum atomic E-state index is 15.7. The number of carbonyl (C=O) groups is 9. The summed E-state index contributed by atoms with van der Waals surface area (Å²) in [6.07, 6.45) is -7.96. The van der Waals surface area contributed by atoms with Crippen LogP contribution in [0.25, 0.3) is 22.3 Å². The number of unbranched alkanes of at least 4 members (excludes halogenated alkanes) is 2. The predicted octanol–water partition coefficient (Wildman–Crippen LogP) is 0.705. The number of rotatable bonds is 59. The first-order chi connectivity index (χ1) is 59.5. The number of fused-ring (bicyclic) bond motifs is 5. The van der Waals surface area contributed by atoms with Gasteiger partial charge in [0.25, 0.3) is 5.56 Å². The highest BCUT2D eigenvalue weighted by Gasteiger charge is 2.49. The molecule has 9 rings (SSSR count). The van der Waals surface area contributed by atoms with Gasteiger partial charge >= 0.3 is 18.0 Å². The van der Waals surface area contributed by atoms with E-state index in [4.69, 9.17) is 80.8 Å². The highest BCUT2D eigenvalue weighted by atomic mass is 32.2. The van der Waals surface area contributed by atoms with Crippen LogP contribution in [0, 0.1) is 12.7 Å². The number of benzene rings is 2. The first kappa shape index (κ1) is 98.2. The third-order valence-corrected chi connectivity index (χ3v) is 21.8. The van der Waals surface area contributed by atoms with Crippen LogP contribution in [0.15, 0.2) is 35.1 Å². The molecule has 2 saturated heterocycles. The molecule has 0 spiro atoms. The molecule has 0 radical (unpaired) electrons. The van der Waals surface area contributed by atoms with Gasteiger partial charge in [0.1, 0.15) is 49.1 Å². The van der Waals surface area contributed by atoms with Crippen LogP contribution in [0.3, 0.4) is 0 Å². The maximum Gasteiger partial charge on any atom is 0.407 e. The number of esters is 1. The van der Waals surface area contributed by atoms with Crippen LogP contribution in [0.4, 0.5) is 9.18 Å². The number of carboxylic acid groups (broad SMARTS) is 1. The van der Waals surface area contributed by atoms with E-state index in [0.29, 0.717) is 184 Å². The van der Waals surface area contributed by atoms with Gasteiger partial charge in [-0.15, -0.1) is 0 Å². The smallest absolute Gasteiger partial charge is 0.407 e. The summed E-state index contributed by atoms with van der Waals surface area (Å²) in [6, 6.07) is 4.88. The van der Waals surface area contributed by atoms with Gasteiger partial charge in [-0.2, -0.15) is 11.8 Å². The standard InChI is InChI=1S/C82H115FN8O31S/c1-5-82(106)56-42-61-70-54(47-91(61)76(100)55(56)49-119-80(82)104)69-58(12-11-53-50(2)57(83)43-59(88-70)68(53)69)89-81(105)120-48-51-10-13-62(121-79-73(98)71(96)72(97)74(122-79)78(102)103)52(41-51)45-85-64(92)14-16-84-75(99)60(87-66(94)9-7-6-8-17-90-67(95)44-63(123-4)77(90)101)46-86-65(93)15-18-108-21-22-110-25-26-112-29-30-114-33-34-116-37-38-118-40-39-117-36-35-115-32-31-113-28-27-111-24-23-109-20-19-107-3/h10,13,41-43,58,60,63,71-74,79,96-98,106H,5-9,11-12,14-40,44-49H2,1-4H3,(H,84,99)(H,85,92)(H,86,93)(H,87,94)(H,89,105)(H,102,103). The summed E-state index contributed by atoms with van der Waals surface area (Å²) >= 11 is 1.30. The number of nitrogens with zero attached hydrogens (tertiary/aromatic N) is 3. The van der Waals surface area contributed by atoms with Crippen molar-refractivity contribution in [1.82, 2.24) is 41.0 Å². The highest BCUT2D eigenvalue weighted by Crippen LogP contribution is 2.46. The van der Waals surface area contributed by atoms with Crippen LogP contribution < -0.4 is 36.9 Å². The Labute approximate surface area is 714 Å². The molecule has 1 aliphatic carbocycles. The Kier molecular flexibility index (Phi) is 40.8. The van der Waals surface area contributed by atoms with Gasteiger partial charge in [-0.25, -0.2) is 23.8 Å². The number of carboxylic acids is 1. The molecule has 4 aromatic rings. The van der Waals surface area contributed by atoms with Gasteiger partial charge < -0.3 is 132 Å². The van der Waals surface area contributed by atoms with Crippen LogP contribution in [0.5, 0.6) is 5.75 Å². The fourth-order valence-corrected chi connectivity index (χ4v) is 14.8. The van der Waals surface area contributed by atoms with E-state index in [0.717, 1.165) is 0 Å². The number of carbonyl (C=O) groups excluding carboxylic acids is 8. The summed E-state index contributed by atoms with van der Waals surface area (Å²) in [6.45, 7) is 10.4. The number of aliphatic hydroxyl groups excluding tert-OH is 3. The minimum atomic E-state index is -2.12. The molecule has 2 aromatic carbocycles. The monoisotopic (exact) mass is 1760 g/mol. The maximum absolute atomic E-state index is 15.7. The number of hydrogen-bond donors (Lipinski definition) is 10. The number of alkyl carbamates (subject to hydrolysis) is 1. The molecule has 41 heteroatoms. The quantitative estimate of drug-likeness (QED) is 0.0146. The lowest BCUT2D eigenvalue weighted by Crippen LogP contribution is -2.61. The topological polar surface area (TPSA) is 501 Å². The summed E-state index contributed by atoms with van der Waals surface area (Å²) < 4.78 is 105. The van der Waals surface area contributed by atoms with Crippen LogP contribution in [0.2, 0.25) is 0 Å². The van der Waals surface area contributed by atoms with Gasteiger partial charge in [-0.05, 0) is 85.7 Å². The molecule has 0 bridgehead atoms. The number of cyclic esters (lactones) is 1. The van der Waals surface area contributed by atoms with Crippen molar-refractivity contribution in [3.8, 4) is 17.1 Å². The van der Waals surface area contributed by atoms with E-state index in [1.807, 2.05) is 0 Å². The molecule has 39 nitrogen and oxygen atoms in total. The fourth-order valence-electron chi connectivity index (χ4n) is 14.2. The van der Waals surface area contributed by atoms with E-state index in [1.54, 1.807) is 27.2 Å². The molecular formula is C82H115FN8O31S. The SMILES string of the molecule is CCC1(O)C(=O)OCc2c1cc1n(c2=O)Cc2c-1nc1cc(F)c(C)c3c1c2C(NC(=O)OCc1ccc(OC2OC(C(=O)O)C(O)C(O)C2O)c(CNC(=O)CCNC(=O)C(CNC(=O)CCOCCOCCOCCOCCOCCOCCOCCOCCOCCOCCOCCOC)NC(=O)CCCCCN2C(=O)CC(SC)C2=O)c1)CC3. The lowest BCUT2D eigenvalue weighted by atomic mass is 9.81. The van der Waals surface area contributed by atoms with Crippen molar-refractivity contribution in [1.29, 1.82) is 0 Å². The van der Waals surface area contributed by atoms with Crippen molar-refractivity contribution in [3.63, 3.8) is 0 Å². The summed E-state index contributed by atoms with van der Waals surface area (Å²) in [4.78, 5) is 139. The molecule has 9 unspecified atom stereocenters. The van der Waals surface area contributed by atoms with Gasteiger partial charge in [-0.3, -0.25) is 38.5 Å². The van der Waals surface area contributed by atoms with Crippen molar-refractivity contribution < 1.29 is 149 Å². The molecule has 6 heterocycles. The second-order valence-corrected chi connectivity index (χ2v) is 30.3. The molecule has 5 aliphatic rings. The average molecular weight is 1760 g/mol. The molecule has 7 amide bonds. The molecule has 2 aromatic heterocycles. The number of hydrogen-bond acceptors (Lipinski definition) is 32. The zero-order valence-electron chi connectivity index (χ0n) is 69.8. The van der Waals surface area contributed by atoms with Crippen molar-refractivity contribution in [2.75, 3.05) is 185 Å². The second kappa shape index (κ2) is 51.1. The number of imide groups is 1. The molecule has 682 valence electrons. The van der Waals surface area contributed by atoms with Crippen molar-refractivity contribution in [2.24, 2.45) is 0 Å². The number of nitrogens with one attached hydrogen (secondary N) is 5. The molecule has 4 aliphatic heterocycles. The lowest BCUT2D eigenvalue weighted by molar-refractivity contribution is -0.271. The summed E-state index contributed by atoms with van der Waals surface area (Å²) in [5.41, 5.74) is 0.823. The average Bonchev–Trinajstić information content (AvgIpc) is 1.57. The molecule has 10 N–H and O–H groups in total. The van der Waals surface area contributed by atoms with Gasteiger partial charge in [0, 0.05) is 87.1 Å². The number of aliphatic carboxylic acids is 1. The number of likely N-dealkylation sites (tertiary alicyclic amines) is 1. The Morgan fingerprint density at radius 2 is 1.27 bits per heavy atom. The summed E-state index contributed by atoms with van der Waals surface area (Å²) in [7, 11) is 1.62. The summed E-state index contributed by atoms with van der Waals surface area (Å²) in [5.74, 6) is -6.27. The molecular weight excluding hydrogens is 1640 g/mol. The van der Waals surface area contributed by atoms with E-state index in [2.05, 4.69) is 26.6 Å². The van der Waals surface area contributed by atoms with E-state index in [9.17, 15) is 73.5 Å². The fraction of sp³-hybridized carbons (Fsp3) is 0.646. The number of aliphatic hydroxyl groups is 4. The lowest BCUT2D eigenvalue weighted by Gasteiger charge is -2.38. The zero-order valence-corrected chi connectivity index (χ0v) is 70.6. The Bertz CT molecular complexity index is 4240. The third kappa shape index (κ3) is 28.7. The van der Waals surface area contributed by atoms with Crippen LogP contribution in [-0.4, -0.2) is 320 Å².